The lowest BCUT2D eigenvalue weighted by Gasteiger charge is -2.10. The van der Waals surface area contributed by atoms with E-state index in [-0.39, 0.29) is 11.6 Å². The highest BCUT2D eigenvalue weighted by Crippen LogP contribution is 2.13. The number of nitrogens with one attached hydrogen (secondary N) is 2. The molecule has 0 saturated heterocycles. The second kappa shape index (κ2) is 8.03. The Labute approximate surface area is 149 Å². The van der Waals surface area contributed by atoms with E-state index in [9.17, 15) is 9.59 Å². The van der Waals surface area contributed by atoms with Crippen molar-refractivity contribution in [2.45, 2.75) is 0 Å². The number of hydrogen-bond acceptors (Lipinski definition) is 4. The average molecular weight is 349 g/mol. The molecule has 3 rings (SSSR count). The summed E-state index contributed by atoms with van der Waals surface area (Å²) in [5.41, 5.74) is 1.43. The number of amides is 2. The molecule has 0 atom stereocenters. The first kappa shape index (κ1) is 16.6. The molecule has 6 heteroatoms. The highest BCUT2D eigenvalue weighted by Gasteiger charge is 2.15. The molecule has 0 bridgehead atoms. The number of carbonyl (C=O) groups excluding carboxylic acids is 2. The van der Waals surface area contributed by atoms with Gasteiger partial charge in [0.2, 0.25) is 0 Å². The summed E-state index contributed by atoms with van der Waals surface area (Å²) in [6.07, 6.45) is 3.23. The van der Waals surface area contributed by atoms with Crippen LogP contribution in [0, 0.1) is 0 Å². The molecular weight excluding hydrogens is 334 g/mol. The van der Waals surface area contributed by atoms with Crippen LogP contribution in [0.1, 0.15) is 15.9 Å². The predicted octanol–water partition coefficient (Wildman–Crippen LogP) is 3.55. The van der Waals surface area contributed by atoms with Crippen LogP contribution in [0.25, 0.3) is 6.08 Å². The van der Waals surface area contributed by atoms with E-state index in [4.69, 9.17) is 0 Å². The molecule has 0 unspecified atom stereocenters. The van der Waals surface area contributed by atoms with Gasteiger partial charge in [0.05, 0.1) is 0 Å². The maximum atomic E-state index is 12.6. The zero-order chi connectivity index (χ0) is 17.5. The Morgan fingerprint density at radius 1 is 0.960 bits per heavy atom. The molecular formula is C19H15N3O2S. The van der Waals surface area contributed by atoms with Gasteiger partial charge in [-0.2, -0.15) is 0 Å². The first-order valence-corrected chi connectivity index (χ1v) is 8.44. The fourth-order valence-electron chi connectivity index (χ4n) is 2.11. The standard InChI is InChI=1S/C19H15N3O2S/c23-17(15-9-5-2-6-10-15)21-16(13-14-7-3-1-4-8-14)18(24)22-19-20-11-12-25-19/h1-13H,(H,21,23)(H,20,22,24). The normalized spacial score (nSPS) is 11.0. The van der Waals surface area contributed by atoms with Gasteiger partial charge in [-0.15, -0.1) is 11.3 Å². The SMILES string of the molecule is O=C(Nc1nccs1)C(=Cc1ccccc1)NC(=O)c1ccccc1. The Morgan fingerprint density at radius 2 is 1.64 bits per heavy atom. The van der Waals surface area contributed by atoms with E-state index in [1.165, 1.54) is 11.3 Å². The third-order valence-corrected chi connectivity index (χ3v) is 3.98. The molecule has 1 heterocycles. The van der Waals surface area contributed by atoms with Crippen molar-refractivity contribution >= 4 is 34.4 Å². The van der Waals surface area contributed by atoms with Crippen LogP contribution >= 0.6 is 11.3 Å². The Morgan fingerprint density at radius 3 is 2.28 bits per heavy atom. The van der Waals surface area contributed by atoms with Gasteiger partial charge in [-0.3, -0.25) is 14.9 Å². The van der Waals surface area contributed by atoms with Crippen molar-refractivity contribution in [2.75, 3.05) is 5.32 Å². The second-order valence-electron chi connectivity index (χ2n) is 5.08. The van der Waals surface area contributed by atoms with Gasteiger partial charge in [0.25, 0.3) is 11.8 Å². The van der Waals surface area contributed by atoms with E-state index in [0.717, 1.165) is 5.56 Å². The molecule has 0 spiro atoms. The molecule has 2 N–H and O–H groups in total. The molecule has 5 nitrogen and oxygen atoms in total. The smallest absolute Gasteiger partial charge is 0.273 e. The van der Waals surface area contributed by atoms with Crippen molar-refractivity contribution in [1.29, 1.82) is 0 Å². The van der Waals surface area contributed by atoms with Gasteiger partial charge in [0.1, 0.15) is 5.70 Å². The van der Waals surface area contributed by atoms with Crippen molar-refractivity contribution in [3.05, 3.63) is 89.1 Å². The van der Waals surface area contributed by atoms with Gasteiger partial charge in [-0.1, -0.05) is 48.5 Å². The minimum atomic E-state index is -0.428. The Balaban J connectivity index is 1.85. The van der Waals surface area contributed by atoms with E-state index < -0.39 is 5.91 Å². The van der Waals surface area contributed by atoms with Gasteiger partial charge in [-0.25, -0.2) is 4.98 Å². The molecule has 0 fully saturated rings. The summed E-state index contributed by atoms with van der Waals surface area (Å²) in [6.45, 7) is 0. The molecule has 3 aromatic rings. The van der Waals surface area contributed by atoms with E-state index in [1.807, 2.05) is 36.4 Å². The number of aromatic nitrogens is 1. The van der Waals surface area contributed by atoms with Crippen LogP contribution in [0.5, 0.6) is 0 Å². The number of hydrogen-bond donors (Lipinski definition) is 2. The van der Waals surface area contributed by atoms with Crippen molar-refractivity contribution in [2.24, 2.45) is 0 Å². The largest absolute Gasteiger partial charge is 0.317 e. The number of carbonyl (C=O) groups is 2. The molecule has 0 aliphatic heterocycles. The lowest BCUT2D eigenvalue weighted by molar-refractivity contribution is -0.113. The zero-order valence-corrected chi connectivity index (χ0v) is 14.0. The molecule has 124 valence electrons. The number of thiazole rings is 1. The number of rotatable bonds is 5. The van der Waals surface area contributed by atoms with Crippen molar-refractivity contribution in [3.63, 3.8) is 0 Å². The Kier molecular flexibility index (Phi) is 5.33. The number of benzene rings is 2. The summed E-state index contributed by atoms with van der Waals surface area (Å²) < 4.78 is 0. The zero-order valence-electron chi connectivity index (χ0n) is 13.2. The average Bonchev–Trinajstić information content (AvgIpc) is 3.15. The lowest BCUT2D eigenvalue weighted by atomic mass is 10.1. The highest BCUT2D eigenvalue weighted by molar-refractivity contribution is 7.13. The summed E-state index contributed by atoms with van der Waals surface area (Å²) in [5.74, 6) is -0.778. The minimum absolute atomic E-state index is 0.148. The first-order chi connectivity index (χ1) is 12.2. The lowest BCUT2D eigenvalue weighted by Crippen LogP contribution is -2.30. The highest BCUT2D eigenvalue weighted by atomic mass is 32.1. The van der Waals surface area contributed by atoms with E-state index in [2.05, 4.69) is 15.6 Å². The van der Waals surface area contributed by atoms with Crippen LogP contribution in [0.4, 0.5) is 5.13 Å². The molecule has 0 aliphatic carbocycles. The van der Waals surface area contributed by atoms with Crippen molar-refractivity contribution in [1.82, 2.24) is 10.3 Å². The van der Waals surface area contributed by atoms with Gasteiger partial charge in [0, 0.05) is 17.1 Å². The van der Waals surface area contributed by atoms with Crippen LogP contribution in [-0.2, 0) is 4.79 Å². The molecule has 0 aliphatic rings. The second-order valence-corrected chi connectivity index (χ2v) is 5.97. The Hall–Kier alpha value is -3.25. The molecule has 1 aromatic heterocycles. The molecule has 25 heavy (non-hydrogen) atoms. The van der Waals surface area contributed by atoms with Crippen LogP contribution in [0.2, 0.25) is 0 Å². The van der Waals surface area contributed by atoms with Gasteiger partial charge < -0.3 is 5.32 Å². The molecule has 2 aromatic carbocycles. The van der Waals surface area contributed by atoms with Crippen LogP contribution in [-0.4, -0.2) is 16.8 Å². The van der Waals surface area contributed by atoms with Gasteiger partial charge in [-0.05, 0) is 23.8 Å². The molecule has 0 radical (unpaired) electrons. The maximum absolute atomic E-state index is 12.6. The van der Waals surface area contributed by atoms with Crippen molar-refractivity contribution < 1.29 is 9.59 Å². The summed E-state index contributed by atoms with van der Waals surface area (Å²) in [4.78, 5) is 29.0. The molecule has 2 amide bonds. The van der Waals surface area contributed by atoms with Crippen LogP contribution < -0.4 is 10.6 Å². The van der Waals surface area contributed by atoms with Crippen LogP contribution in [0.3, 0.4) is 0 Å². The third kappa shape index (κ3) is 4.62. The quantitative estimate of drug-likeness (QED) is 0.692. The van der Waals surface area contributed by atoms with E-state index >= 15 is 0 Å². The summed E-state index contributed by atoms with van der Waals surface area (Å²) in [6, 6.07) is 18.1. The first-order valence-electron chi connectivity index (χ1n) is 7.56. The topological polar surface area (TPSA) is 71.1 Å². The third-order valence-electron chi connectivity index (χ3n) is 3.29. The predicted molar refractivity (Wildman–Crippen MR) is 99.1 cm³/mol. The fourth-order valence-corrected chi connectivity index (χ4v) is 2.63. The fraction of sp³-hybridized carbons (Fsp3) is 0. The number of nitrogens with zero attached hydrogens (tertiary/aromatic N) is 1. The minimum Gasteiger partial charge on any atom is -0.317 e. The maximum Gasteiger partial charge on any atom is 0.273 e. The van der Waals surface area contributed by atoms with Crippen molar-refractivity contribution in [3.8, 4) is 0 Å². The summed E-state index contributed by atoms with van der Waals surface area (Å²) >= 11 is 1.31. The van der Waals surface area contributed by atoms with E-state index in [0.29, 0.717) is 10.7 Å². The Bertz CT molecular complexity index is 876. The number of anilines is 1. The molecule has 0 saturated carbocycles. The summed E-state index contributed by atoms with van der Waals surface area (Å²) in [7, 11) is 0. The van der Waals surface area contributed by atoms with Crippen LogP contribution in [0.15, 0.2) is 77.9 Å². The van der Waals surface area contributed by atoms with Gasteiger partial charge in [0.15, 0.2) is 5.13 Å². The van der Waals surface area contributed by atoms with Gasteiger partial charge >= 0.3 is 0 Å². The summed E-state index contributed by atoms with van der Waals surface area (Å²) in [5, 5.41) is 7.60. The monoisotopic (exact) mass is 349 g/mol. The van der Waals surface area contributed by atoms with E-state index in [1.54, 1.807) is 41.9 Å².